The van der Waals surface area contributed by atoms with Crippen LogP contribution in [-0.2, 0) is 14.3 Å². The predicted molar refractivity (Wildman–Crippen MR) is 54.4 cm³/mol. The zero-order valence-corrected chi connectivity index (χ0v) is 9.04. The summed E-state index contributed by atoms with van der Waals surface area (Å²) in [5.74, 6) is 0.0331. The number of ketones is 1. The van der Waals surface area contributed by atoms with E-state index in [0.29, 0.717) is 18.6 Å². The molecule has 3 fully saturated rings. The zero-order valence-electron chi connectivity index (χ0n) is 9.04. The Morgan fingerprint density at radius 1 is 1.07 bits per heavy atom. The smallest absolute Gasteiger partial charge is 0.169 e. The minimum atomic E-state index is -0.307. The van der Waals surface area contributed by atoms with Crippen LogP contribution in [0.2, 0.25) is 0 Å². The van der Waals surface area contributed by atoms with Gasteiger partial charge in [-0.1, -0.05) is 6.42 Å². The molecule has 0 aromatic rings. The number of carbonyl (C=O) groups is 1. The van der Waals surface area contributed by atoms with E-state index < -0.39 is 0 Å². The van der Waals surface area contributed by atoms with Crippen LogP contribution in [0.4, 0.5) is 0 Å². The Balaban J connectivity index is 1.72. The van der Waals surface area contributed by atoms with Crippen molar-refractivity contribution in [2.75, 3.05) is 0 Å². The van der Waals surface area contributed by atoms with Crippen LogP contribution in [0.15, 0.2) is 0 Å². The summed E-state index contributed by atoms with van der Waals surface area (Å²) >= 11 is 0. The lowest BCUT2D eigenvalue weighted by atomic mass is 9.94. The Bertz CT molecular complexity index is 268. The lowest BCUT2D eigenvalue weighted by molar-refractivity contribution is -0.193. The van der Waals surface area contributed by atoms with E-state index in [2.05, 4.69) is 0 Å². The molecule has 2 atom stereocenters. The van der Waals surface area contributed by atoms with Gasteiger partial charge in [0.1, 0.15) is 5.78 Å². The number of hydrogen-bond acceptors (Lipinski definition) is 3. The third-order valence-electron chi connectivity index (χ3n) is 3.90. The van der Waals surface area contributed by atoms with Crippen molar-refractivity contribution in [1.82, 2.24) is 0 Å². The topological polar surface area (TPSA) is 35.5 Å². The first-order chi connectivity index (χ1) is 7.27. The zero-order chi connectivity index (χ0) is 10.3. The minimum Gasteiger partial charge on any atom is -0.344 e. The van der Waals surface area contributed by atoms with Gasteiger partial charge in [-0.15, -0.1) is 0 Å². The van der Waals surface area contributed by atoms with E-state index in [1.54, 1.807) is 0 Å². The average molecular weight is 210 g/mol. The number of fused-ring (bicyclic) bond motifs is 1. The maximum atomic E-state index is 11.3. The van der Waals surface area contributed by atoms with E-state index in [1.165, 1.54) is 19.3 Å². The molecule has 1 heterocycles. The summed E-state index contributed by atoms with van der Waals surface area (Å²) in [7, 11) is 0. The van der Waals surface area contributed by atoms with Crippen LogP contribution in [0.3, 0.4) is 0 Å². The van der Waals surface area contributed by atoms with E-state index in [1.807, 2.05) is 0 Å². The van der Waals surface area contributed by atoms with Crippen molar-refractivity contribution in [3.63, 3.8) is 0 Å². The quantitative estimate of drug-likeness (QED) is 0.614. The molecular weight excluding hydrogens is 192 g/mol. The second-order valence-corrected chi connectivity index (χ2v) is 5.07. The third-order valence-corrected chi connectivity index (χ3v) is 3.90. The molecule has 15 heavy (non-hydrogen) atoms. The Kier molecular flexibility index (Phi) is 2.33. The van der Waals surface area contributed by atoms with Crippen LogP contribution in [0, 0.1) is 0 Å². The molecule has 0 bridgehead atoms. The van der Waals surface area contributed by atoms with Gasteiger partial charge in [0, 0.05) is 25.7 Å². The summed E-state index contributed by atoms with van der Waals surface area (Å²) in [5.41, 5.74) is 0. The molecular formula is C12H18O3. The fourth-order valence-corrected chi connectivity index (χ4v) is 3.11. The van der Waals surface area contributed by atoms with Gasteiger partial charge in [-0.3, -0.25) is 4.79 Å². The SMILES string of the molecule is O=C1CC[C@@H]2OC3(CCCCC3)O[C@@H]2C1. The van der Waals surface area contributed by atoms with Gasteiger partial charge >= 0.3 is 0 Å². The van der Waals surface area contributed by atoms with Crippen molar-refractivity contribution in [2.24, 2.45) is 0 Å². The largest absolute Gasteiger partial charge is 0.344 e. The number of carbonyl (C=O) groups excluding carboxylic acids is 1. The molecule has 0 aromatic carbocycles. The number of hydrogen-bond donors (Lipinski definition) is 0. The summed E-state index contributed by atoms with van der Waals surface area (Å²) in [4.78, 5) is 11.3. The van der Waals surface area contributed by atoms with Gasteiger partial charge < -0.3 is 9.47 Å². The van der Waals surface area contributed by atoms with Crippen molar-refractivity contribution >= 4 is 5.78 Å². The first-order valence-corrected chi connectivity index (χ1v) is 6.15. The first kappa shape index (κ1) is 9.79. The molecule has 2 aliphatic carbocycles. The lowest BCUT2D eigenvalue weighted by Crippen LogP contribution is -2.33. The van der Waals surface area contributed by atoms with Crippen LogP contribution in [-0.4, -0.2) is 23.8 Å². The van der Waals surface area contributed by atoms with Gasteiger partial charge in [0.2, 0.25) is 0 Å². The molecule has 0 radical (unpaired) electrons. The normalized spacial score (nSPS) is 39.3. The Morgan fingerprint density at radius 2 is 1.80 bits per heavy atom. The number of Topliss-reactive ketones (excluding diaryl/α,β-unsaturated/α-hetero) is 1. The van der Waals surface area contributed by atoms with E-state index >= 15 is 0 Å². The van der Waals surface area contributed by atoms with Crippen LogP contribution in [0.5, 0.6) is 0 Å². The first-order valence-electron chi connectivity index (χ1n) is 6.15. The highest BCUT2D eigenvalue weighted by Gasteiger charge is 2.49. The van der Waals surface area contributed by atoms with Gasteiger partial charge in [0.25, 0.3) is 0 Å². The fraction of sp³-hybridized carbons (Fsp3) is 0.917. The lowest BCUT2D eigenvalue weighted by Gasteiger charge is -2.31. The average Bonchev–Trinajstić information content (AvgIpc) is 2.56. The van der Waals surface area contributed by atoms with Gasteiger partial charge in [0.05, 0.1) is 12.2 Å². The molecule has 0 aromatic heterocycles. The Hall–Kier alpha value is -0.410. The molecule has 0 unspecified atom stereocenters. The number of ether oxygens (including phenoxy) is 2. The van der Waals surface area contributed by atoms with E-state index in [9.17, 15) is 4.79 Å². The van der Waals surface area contributed by atoms with Crippen LogP contribution >= 0.6 is 0 Å². The highest BCUT2D eigenvalue weighted by atomic mass is 16.8. The van der Waals surface area contributed by atoms with Crippen molar-refractivity contribution in [2.45, 2.75) is 69.4 Å². The van der Waals surface area contributed by atoms with Crippen LogP contribution in [0.1, 0.15) is 51.4 Å². The maximum absolute atomic E-state index is 11.3. The highest BCUT2D eigenvalue weighted by molar-refractivity contribution is 5.79. The molecule has 3 rings (SSSR count). The van der Waals surface area contributed by atoms with Gasteiger partial charge in [0.15, 0.2) is 5.79 Å². The molecule has 3 heteroatoms. The van der Waals surface area contributed by atoms with Crippen molar-refractivity contribution in [3.8, 4) is 0 Å². The van der Waals surface area contributed by atoms with E-state index in [4.69, 9.17) is 9.47 Å². The van der Waals surface area contributed by atoms with Crippen LogP contribution < -0.4 is 0 Å². The van der Waals surface area contributed by atoms with E-state index in [-0.39, 0.29) is 18.0 Å². The van der Waals surface area contributed by atoms with E-state index in [0.717, 1.165) is 19.3 Å². The monoisotopic (exact) mass is 210 g/mol. The Labute approximate surface area is 90.1 Å². The standard InChI is InChI=1S/C12H18O3/c13-9-4-5-10-11(8-9)15-12(14-10)6-2-1-3-7-12/h10-11H,1-8H2/t10-,11+/m0/s1. The Morgan fingerprint density at radius 3 is 2.60 bits per heavy atom. The molecule has 0 amide bonds. The molecule has 0 N–H and O–H groups in total. The maximum Gasteiger partial charge on any atom is 0.169 e. The summed E-state index contributed by atoms with van der Waals surface area (Å²) < 4.78 is 12.1. The molecule has 1 saturated heterocycles. The summed E-state index contributed by atoms with van der Waals surface area (Å²) in [6, 6.07) is 0. The van der Waals surface area contributed by atoms with Gasteiger partial charge in [-0.25, -0.2) is 0 Å². The highest BCUT2D eigenvalue weighted by Crippen LogP contribution is 2.43. The third kappa shape index (κ3) is 1.72. The van der Waals surface area contributed by atoms with Crippen molar-refractivity contribution in [1.29, 1.82) is 0 Å². The predicted octanol–water partition coefficient (Wildman–Crippen LogP) is 2.18. The van der Waals surface area contributed by atoms with Gasteiger partial charge in [-0.05, 0) is 19.3 Å². The molecule has 2 saturated carbocycles. The fourth-order valence-electron chi connectivity index (χ4n) is 3.11. The summed E-state index contributed by atoms with van der Waals surface area (Å²) in [5, 5.41) is 0. The molecule has 3 aliphatic rings. The van der Waals surface area contributed by atoms with Gasteiger partial charge in [-0.2, -0.15) is 0 Å². The second kappa shape index (κ2) is 3.56. The summed E-state index contributed by atoms with van der Waals surface area (Å²) in [6.07, 6.45) is 8.12. The summed E-state index contributed by atoms with van der Waals surface area (Å²) in [6.45, 7) is 0. The molecule has 1 aliphatic heterocycles. The van der Waals surface area contributed by atoms with Crippen LogP contribution in [0.25, 0.3) is 0 Å². The molecule has 1 spiro atoms. The van der Waals surface area contributed by atoms with Crippen molar-refractivity contribution < 1.29 is 14.3 Å². The number of rotatable bonds is 0. The minimum absolute atomic E-state index is 0.0596. The second-order valence-electron chi connectivity index (χ2n) is 5.07. The van der Waals surface area contributed by atoms with Crippen molar-refractivity contribution in [3.05, 3.63) is 0 Å². The molecule has 84 valence electrons. The molecule has 3 nitrogen and oxygen atoms in total.